The molecule has 0 N–H and O–H groups in total. The largest absolute Gasteiger partial charge is 0.454 e. The fourth-order valence-corrected chi connectivity index (χ4v) is 3.84. The summed E-state index contributed by atoms with van der Waals surface area (Å²) in [5.74, 6) is 4.60. The quantitative estimate of drug-likeness (QED) is 0.760. The van der Waals surface area contributed by atoms with Gasteiger partial charge in [-0.05, 0) is 38.5 Å². The van der Waals surface area contributed by atoms with Crippen LogP contribution in [0.4, 0.5) is 11.6 Å². The SMILES string of the molecule is CCN(CC)c1cc(N2CCN(Cc3ccc4c(c3)OCO4)CC2)nc(C)n1. The van der Waals surface area contributed by atoms with Crippen LogP contribution in [0.2, 0.25) is 0 Å². The van der Waals surface area contributed by atoms with E-state index in [-0.39, 0.29) is 0 Å². The number of aromatic nitrogens is 2. The Hall–Kier alpha value is -2.54. The van der Waals surface area contributed by atoms with Gasteiger partial charge >= 0.3 is 0 Å². The summed E-state index contributed by atoms with van der Waals surface area (Å²) in [5, 5.41) is 0. The van der Waals surface area contributed by atoms with Gasteiger partial charge in [0.1, 0.15) is 17.5 Å². The Morgan fingerprint density at radius 1 is 0.964 bits per heavy atom. The summed E-state index contributed by atoms with van der Waals surface area (Å²) in [6.45, 7) is 13.4. The minimum Gasteiger partial charge on any atom is -0.454 e. The third-order valence-corrected chi connectivity index (χ3v) is 5.44. The summed E-state index contributed by atoms with van der Waals surface area (Å²) in [7, 11) is 0. The van der Waals surface area contributed by atoms with E-state index in [1.165, 1.54) is 5.56 Å². The van der Waals surface area contributed by atoms with Crippen molar-refractivity contribution >= 4 is 11.6 Å². The van der Waals surface area contributed by atoms with Crippen LogP contribution in [0.15, 0.2) is 24.3 Å². The molecular weight excluding hydrogens is 354 g/mol. The average Bonchev–Trinajstić information content (AvgIpc) is 3.17. The summed E-state index contributed by atoms with van der Waals surface area (Å²) in [5.41, 5.74) is 1.26. The van der Waals surface area contributed by atoms with E-state index in [4.69, 9.17) is 14.5 Å². The molecule has 7 heteroatoms. The molecule has 1 aromatic heterocycles. The number of ether oxygens (including phenoxy) is 2. The molecule has 3 heterocycles. The zero-order valence-electron chi connectivity index (χ0n) is 17.0. The van der Waals surface area contributed by atoms with Gasteiger partial charge in [0.25, 0.3) is 0 Å². The molecule has 0 amide bonds. The van der Waals surface area contributed by atoms with Crippen LogP contribution in [0.1, 0.15) is 25.2 Å². The number of rotatable bonds is 6. The van der Waals surface area contributed by atoms with Gasteiger partial charge in [0.2, 0.25) is 6.79 Å². The Balaban J connectivity index is 1.39. The summed E-state index contributed by atoms with van der Waals surface area (Å²) < 4.78 is 10.9. The lowest BCUT2D eigenvalue weighted by Crippen LogP contribution is -2.46. The Morgan fingerprint density at radius 2 is 1.71 bits per heavy atom. The van der Waals surface area contributed by atoms with Gasteiger partial charge in [-0.2, -0.15) is 0 Å². The van der Waals surface area contributed by atoms with Crippen molar-refractivity contribution in [1.29, 1.82) is 0 Å². The highest BCUT2D eigenvalue weighted by molar-refractivity contribution is 5.51. The first-order chi connectivity index (χ1) is 13.7. The second kappa shape index (κ2) is 8.22. The molecule has 0 atom stereocenters. The summed E-state index contributed by atoms with van der Waals surface area (Å²) >= 11 is 0. The number of hydrogen-bond acceptors (Lipinski definition) is 7. The summed E-state index contributed by atoms with van der Waals surface area (Å²) in [6.07, 6.45) is 0. The molecule has 150 valence electrons. The molecule has 0 aliphatic carbocycles. The first-order valence-corrected chi connectivity index (χ1v) is 10.1. The minimum atomic E-state index is 0.325. The first kappa shape index (κ1) is 18.8. The van der Waals surface area contributed by atoms with Crippen molar-refractivity contribution in [1.82, 2.24) is 14.9 Å². The van der Waals surface area contributed by atoms with Crippen molar-refractivity contribution in [2.75, 3.05) is 55.9 Å². The lowest BCUT2D eigenvalue weighted by molar-refractivity contribution is 0.174. The Bertz CT molecular complexity index is 816. The molecule has 1 fully saturated rings. The molecule has 7 nitrogen and oxygen atoms in total. The smallest absolute Gasteiger partial charge is 0.231 e. The van der Waals surface area contributed by atoms with Crippen LogP contribution in [-0.2, 0) is 6.54 Å². The Morgan fingerprint density at radius 3 is 2.46 bits per heavy atom. The topological polar surface area (TPSA) is 54.0 Å². The second-order valence-corrected chi connectivity index (χ2v) is 7.25. The standard InChI is InChI=1S/C21H29N5O2/c1-4-25(5-2)20-13-21(23-16(3)22-20)26-10-8-24(9-11-26)14-17-6-7-18-19(12-17)28-15-27-18/h6-7,12-13H,4-5,8-11,14-15H2,1-3H3. The molecule has 0 bridgehead atoms. The molecular formula is C21H29N5O2. The van der Waals surface area contributed by atoms with E-state index < -0.39 is 0 Å². The molecule has 0 radical (unpaired) electrons. The van der Waals surface area contributed by atoms with Crippen LogP contribution in [-0.4, -0.2) is 60.9 Å². The van der Waals surface area contributed by atoms with Gasteiger partial charge < -0.3 is 19.3 Å². The van der Waals surface area contributed by atoms with Gasteiger partial charge in [-0.25, -0.2) is 9.97 Å². The zero-order valence-corrected chi connectivity index (χ0v) is 17.0. The fourth-order valence-electron chi connectivity index (χ4n) is 3.84. The van der Waals surface area contributed by atoms with Crippen molar-refractivity contribution in [2.24, 2.45) is 0 Å². The van der Waals surface area contributed by atoms with Crippen LogP contribution in [0.3, 0.4) is 0 Å². The fraction of sp³-hybridized carbons (Fsp3) is 0.524. The highest BCUT2D eigenvalue weighted by Crippen LogP contribution is 2.33. The lowest BCUT2D eigenvalue weighted by Gasteiger charge is -2.36. The van der Waals surface area contributed by atoms with Crippen molar-refractivity contribution in [3.8, 4) is 11.5 Å². The highest BCUT2D eigenvalue weighted by atomic mass is 16.7. The summed E-state index contributed by atoms with van der Waals surface area (Å²) in [4.78, 5) is 16.4. The molecule has 0 saturated carbocycles. The van der Waals surface area contributed by atoms with E-state index in [1.807, 2.05) is 13.0 Å². The molecule has 1 saturated heterocycles. The van der Waals surface area contributed by atoms with E-state index in [0.717, 1.165) is 74.8 Å². The Kier molecular flexibility index (Phi) is 5.52. The molecule has 28 heavy (non-hydrogen) atoms. The molecule has 1 aromatic carbocycles. The molecule has 2 aliphatic rings. The predicted molar refractivity (Wildman–Crippen MR) is 110 cm³/mol. The monoisotopic (exact) mass is 383 g/mol. The summed E-state index contributed by atoms with van der Waals surface area (Å²) in [6, 6.07) is 8.36. The van der Waals surface area contributed by atoms with Crippen LogP contribution in [0, 0.1) is 6.92 Å². The van der Waals surface area contributed by atoms with Crippen LogP contribution < -0.4 is 19.3 Å². The number of nitrogens with zero attached hydrogens (tertiary/aromatic N) is 5. The second-order valence-electron chi connectivity index (χ2n) is 7.25. The molecule has 0 spiro atoms. The van der Waals surface area contributed by atoms with Gasteiger partial charge in [0.15, 0.2) is 11.5 Å². The highest BCUT2D eigenvalue weighted by Gasteiger charge is 2.21. The van der Waals surface area contributed by atoms with E-state index in [9.17, 15) is 0 Å². The van der Waals surface area contributed by atoms with Crippen molar-refractivity contribution < 1.29 is 9.47 Å². The van der Waals surface area contributed by atoms with E-state index >= 15 is 0 Å². The third kappa shape index (κ3) is 3.99. The maximum Gasteiger partial charge on any atom is 0.231 e. The van der Waals surface area contributed by atoms with E-state index in [0.29, 0.717) is 6.79 Å². The number of benzene rings is 1. The molecule has 2 aliphatic heterocycles. The number of anilines is 2. The van der Waals surface area contributed by atoms with Gasteiger partial charge in [-0.3, -0.25) is 4.90 Å². The number of piperazine rings is 1. The molecule has 0 unspecified atom stereocenters. The van der Waals surface area contributed by atoms with E-state index in [1.54, 1.807) is 0 Å². The predicted octanol–water partition coefficient (Wildman–Crippen LogP) is 2.68. The van der Waals surface area contributed by atoms with Gasteiger partial charge in [0.05, 0.1) is 0 Å². The Labute approximate surface area is 166 Å². The van der Waals surface area contributed by atoms with Crippen LogP contribution in [0.25, 0.3) is 0 Å². The molecule has 4 rings (SSSR count). The van der Waals surface area contributed by atoms with E-state index in [2.05, 4.69) is 51.7 Å². The lowest BCUT2D eigenvalue weighted by atomic mass is 10.1. The van der Waals surface area contributed by atoms with Gasteiger partial charge in [-0.1, -0.05) is 6.07 Å². The van der Waals surface area contributed by atoms with Crippen LogP contribution >= 0.6 is 0 Å². The van der Waals surface area contributed by atoms with Crippen molar-refractivity contribution in [3.63, 3.8) is 0 Å². The van der Waals surface area contributed by atoms with Crippen molar-refractivity contribution in [3.05, 3.63) is 35.7 Å². The number of aryl methyl sites for hydroxylation is 1. The zero-order chi connectivity index (χ0) is 19.5. The normalized spacial score (nSPS) is 16.5. The minimum absolute atomic E-state index is 0.325. The maximum atomic E-state index is 5.50. The van der Waals surface area contributed by atoms with Crippen molar-refractivity contribution in [2.45, 2.75) is 27.3 Å². The first-order valence-electron chi connectivity index (χ1n) is 10.1. The van der Waals surface area contributed by atoms with Gasteiger partial charge in [-0.15, -0.1) is 0 Å². The number of hydrogen-bond donors (Lipinski definition) is 0. The average molecular weight is 383 g/mol. The molecule has 2 aromatic rings. The van der Waals surface area contributed by atoms with Crippen LogP contribution in [0.5, 0.6) is 11.5 Å². The maximum absolute atomic E-state index is 5.50. The van der Waals surface area contributed by atoms with Gasteiger partial charge in [0, 0.05) is 51.9 Å². The number of fused-ring (bicyclic) bond motifs is 1. The third-order valence-electron chi connectivity index (χ3n) is 5.44.